The lowest BCUT2D eigenvalue weighted by atomic mass is 10.0. The van der Waals surface area contributed by atoms with Crippen LogP contribution in [0.25, 0.3) is 22.4 Å². The van der Waals surface area contributed by atoms with Crippen molar-refractivity contribution in [2.75, 3.05) is 5.73 Å². The van der Waals surface area contributed by atoms with Crippen molar-refractivity contribution >= 4 is 5.88 Å². The van der Waals surface area contributed by atoms with Crippen molar-refractivity contribution in [3.8, 4) is 22.4 Å². The molecule has 0 aliphatic heterocycles. The van der Waals surface area contributed by atoms with Crippen molar-refractivity contribution in [3.63, 3.8) is 0 Å². The highest BCUT2D eigenvalue weighted by Gasteiger charge is 2.18. The average molecular weight is 284 g/mol. The van der Waals surface area contributed by atoms with Crippen LogP contribution in [0.5, 0.6) is 0 Å². The predicted octanol–water partition coefficient (Wildman–Crippen LogP) is 2.58. The van der Waals surface area contributed by atoms with Gasteiger partial charge in [-0.1, -0.05) is 17.3 Å². The van der Waals surface area contributed by atoms with E-state index in [1.807, 2.05) is 0 Å². The lowest BCUT2D eigenvalue weighted by Crippen LogP contribution is -1.99. The number of rotatable bonds is 3. The van der Waals surface area contributed by atoms with Gasteiger partial charge < -0.3 is 16.0 Å². The van der Waals surface area contributed by atoms with Crippen molar-refractivity contribution < 1.29 is 8.91 Å². The summed E-state index contributed by atoms with van der Waals surface area (Å²) in [5.74, 6) is -0.197. The van der Waals surface area contributed by atoms with Crippen LogP contribution in [0.3, 0.4) is 0 Å². The van der Waals surface area contributed by atoms with E-state index in [2.05, 4.69) is 10.1 Å². The van der Waals surface area contributed by atoms with E-state index in [-0.39, 0.29) is 18.2 Å². The molecule has 2 heterocycles. The van der Waals surface area contributed by atoms with E-state index in [1.165, 1.54) is 6.07 Å². The quantitative estimate of drug-likeness (QED) is 0.771. The Hall–Kier alpha value is -2.73. The molecule has 106 valence electrons. The van der Waals surface area contributed by atoms with Crippen molar-refractivity contribution in [2.45, 2.75) is 6.54 Å². The summed E-state index contributed by atoms with van der Waals surface area (Å²) >= 11 is 0. The molecule has 0 fully saturated rings. The Morgan fingerprint density at radius 1 is 1.10 bits per heavy atom. The van der Waals surface area contributed by atoms with E-state index in [0.29, 0.717) is 22.4 Å². The van der Waals surface area contributed by atoms with Crippen molar-refractivity contribution in [1.29, 1.82) is 0 Å². The van der Waals surface area contributed by atoms with Crippen molar-refractivity contribution in [2.24, 2.45) is 5.73 Å². The summed E-state index contributed by atoms with van der Waals surface area (Å²) in [4.78, 5) is 3.96. The SMILES string of the molecule is NCc1ccc(-c2noc(N)c2-c2ccncc2)cc1F. The maximum Gasteiger partial charge on any atom is 0.230 e. The van der Waals surface area contributed by atoms with Crippen LogP contribution in [0, 0.1) is 5.82 Å². The van der Waals surface area contributed by atoms with E-state index < -0.39 is 0 Å². The lowest BCUT2D eigenvalue weighted by Gasteiger charge is -2.05. The molecule has 0 amide bonds. The van der Waals surface area contributed by atoms with Crippen LogP contribution in [0.4, 0.5) is 10.3 Å². The second-order valence-electron chi connectivity index (χ2n) is 4.52. The van der Waals surface area contributed by atoms with Crippen molar-refractivity contribution in [3.05, 3.63) is 54.1 Å². The first-order chi connectivity index (χ1) is 10.2. The van der Waals surface area contributed by atoms with Crippen LogP contribution in [-0.2, 0) is 6.54 Å². The molecule has 21 heavy (non-hydrogen) atoms. The highest BCUT2D eigenvalue weighted by atomic mass is 19.1. The number of halogens is 1. The zero-order valence-corrected chi connectivity index (χ0v) is 11.1. The first-order valence-corrected chi connectivity index (χ1v) is 6.35. The molecule has 6 heteroatoms. The smallest absolute Gasteiger partial charge is 0.230 e. The Kier molecular flexibility index (Phi) is 3.37. The second kappa shape index (κ2) is 5.34. The standard InChI is InChI=1S/C15H13FN4O/c16-12-7-10(1-2-11(12)8-17)14-13(15(18)21-20-14)9-3-5-19-6-4-9/h1-7H,8,17-18H2. The van der Waals surface area contributed by atoms with Gasteiger partial charge in [0, 0.05) is 30.1 Å². The van der Waals surface area contributed by atoms with E-state index in [4.69, 9.17) is 16.0 Å². The molecule has 0 bridgehead atoms. The fraction of sp³-hybridized carbons (Fsp3) is 0.0667. The zero-order valence-electron chi connectivity index (χ0n) is 11.1. The van der Waals surface area contributed by atoms with Gasteiger partial charge >= 0.3 is 0 Å². The normalized spacial score (nSPS) is 10.8. The highest BCUT2D eigenvalue weighted by Crippen LogP contribution is 2.36. The molecule has 5 nitrogen and oxygen atoms in total. The van der Waals surface area contributed by atoms with Gasteiger partial charge in [-0.15, -0.1) is 0 Å². The number of nitrogens with two attached hydrogens (primary N) is 2. The lowest BCUT2D eigenvalue weighted by molar-refractivity contribution is 0.439. The number of anilines is 1. The Bertz CT molecular complexity index is 771. The fourth-order valence-electron chi connectivity index (χ4n) is 2.16. The minimum atomic E-state index is -0.378. The summed E-state index contributed by atoms with van der Waals surface area (Å²) in [6.45, 7) is 0.143. The zero-order chi connectivity index (χ0) is 14.8. The molecule has 0 saturated carbocycles. The van der Waals surface area contributed by atoms with Gasteiger partial charge in [-0.2, -0.15) is 0 Å². The summed E-state index contributed by atoms with van der Waals surface area (Å²) in [7, 11) is 0. The summed E-state index contributed by atoms with van der Waals surface area (Å²) in [5.41, 5.74) is 14.2. The number of hydrogen-bond acceptors (Lipinski definition) is 5. The Labute approximate surface area is 120 Å². The molecule has 3 rings (SSSR count). The maximum absolute atomic E-state index is 13.9. The van der Waals surface area contributed by atoms with Crippen LogP contribution in [0.15, 0.2) is 47.2 Å². The van der Waals surface area contributed by atoms with Gasteiger partial charge in [-0.05, 0) is 23.8 Å². The van der Waals surface area contributed by atoms with Crippen LogP contribution >= 0.6 is 0 Å². The average Bonchev–Trinajstić information content (AvgIpc) is 2.90. The Balaban J connectivity index is 2.14. The molecule has 0 saturated heterocycles. The molecular weight excluding hydrogens is 271 g/mol. The Morgan fingerprint density at radius 2 is 1.86 bits per heavy atom. The first kappa shape index (κ1) is 13.3. The molecule has 0 unspecified atom stereocenters. The molecule has 0 aliphatic carbocycles. The molecule has 1 aromatic carbocycles. The fourth-order valence-corrected chi connectivity index (χ4v) is 2.16. The Morgan fingerprint density at radius 3 is 2.52 bits per heavy atom. The summed E-state index contributed by atoms with van der Waals surface area (Å²) in [6, 6.07) is 8.33. The number of nitrogen functional groups attached to an aromatic ring is 1. The van der Waals surface area contributed by atoms with E-state index in [0.717, 1.165) is 5.56 Å². The maximum atomic E-state index is 13.9. The second-order valence-corrected chi connectivity index (χ2v) is 4.52. The van der Waals surface area contributed by atoms with Gasteiger partial charge in [0.05, 0.1) is 5.56 Å². The monoisotopic (exact) mass is 284 g/mol. The van der Waals surface area contributed by atoms with Gasteiger partial charge in [0.25, 0.3) is 0 Å². The third kappa shape index (κ3) is 2.36. The molecule has 2 aromatic heterocycles. The highest BCUT2D eigenvalue weighted by molar-refractivity contribution is 5.86. The van der Waals surface area contributed by atoms with Gasteiger partial charge in [0.2, 0.25) is 5.88 Å². The third-order valence-electron chi connectivity index (χ3n) is 3.23. The van der Waals surface area contributed by atoms with E-state index in [9.17, 15) is 4.39 Å². The van der Waals surface area contributed by atoms with E-state index in [1.54, 1.807) is 36.7 Å². The van der Waals surface area contributed by atoms with Gasteiger partial charge in [-0.3, -0.25) is 4.98 Å². The van der Waals surface area contributed by atoms with Gasteiger partial charge in [-0.25, -0.2) is 4.39 Å². The topological polar surface area (TPSA) is 91.0 Å². The third-order valence-corrected chi connectivity index (χ3v) is 3.23. The van der Waals surface area contributed by atoms with Crippen LogP contribution in [0.2, 0.25) is 0 Å². The van der Waals surface area contributed by atoms with Gasteiger partial charge in [0.15, 0.2) is 0 Å². The van der Waals surface area contributed by atoms with Crippen LogP contribution < -0.4 is 11.5 Å². The summed E-state index contributed by atoms with van der Waals surface area (Å²) < 4.78 is 19.0. The molecule has 0 spiro atoms. The summed E-state index contributed by atoms with van der Waals surface area (Å²) in [6.07, 6.45) is 3.29. The number of benzene rings is 1. The van der Waals surface area contributed by atoms with Crippen LogP contribution in [0.1, 0.15) is 5.56 Å². The molecule has 0 radical (unpaired) electrons. The predicted molar refractivity (Wildman–Crippen MR) is 77.4 cm³/mol. The first-order valence-electron chi connectivity index (χ1n) is 6.35. The molecule has 3 aromatic rings. The molecule has 0 aliphatic rings. The number of hydrogen-bond donors (Lipinski definition) is 2. The minimum Gasteiger partial charge on any atom is -0.367 e. The largest absolute Gasteiger partial charge is 0.367 e. The van der Waals surface area contributed by atoms with Crippen LogP contribution in [-0.4, -0.2) is 10.1 Å². The minimum absolute atomic E-state index is 0.143. The number of nitrogens with zero attached hydrogens (tertiary/aromatic N) is 2. The molecule has 4 N–H and O–H groups in total. The number of pyridine rings is 1. The summed E-state index contributed by atoms with van der Waals surface area (Å²) in [5, 5.41) is 3.94. The van der Waals surface area contributed by atoms with Crippen molar-refractivity contribution in [1.82, 2.24) is 10.1 Å². The van der Waals surface area contributed by atoms with E-state index >= 15 is 0 Å². The molecular formula is C15H13FN4O. The molecule has 0 atom stereocenters. The van der Waals surface area contributed by atoms with Gasteiger partial charge in [0.1, 0.15) is 11.5 Å². The number of aromatic nitrogens is 2.